The first-order valence-corrected chi connectivity index (χ1v) is 6.92. The first kappa shape index (κ1) is 12.2. The van der Waals surface area contributed by atoms with Crippen LogP contribution in [0.5, 0.6) is 0 Å². The van der Waals surface area contributed by atoms with Crippen molar-refractivity contribution in [1.82, 2.24) is 0 Å². The number of ether oxygens (including phenoxy) is 1. The number of nitrogens with zero attached hydrogens (tertiary/aromatic N) is 1. The summed E-state index contributed by atoms with van der Waals surface area (Å²) < 4.78 is 7.03. The van der Waals surface area contributed by atoms with Gasteiger partial charge in [0.1, 0.15) is 0 Å². The van der Waals surface area contributed by atoms with Gasteiger partial charge in [-0.3, -0.25) is 0 Å². The minimum Gasteiger partial charge on any atom is -0.376 e. The fraction of sp³-hybridized carbons (Fsp3) is 0.538. The molecule has 88 valence electrons. The summed E-state index contributed by atoms with van der Waals surface area (Å²) in [5.41, 5.74) is 1.27. The smallest absolute Gasteiger partial charge is 0.0749 e. The maximum atomic E-state index is 5.75. The topological polar surface area (TPSA) is 12.5 Å². The number of halogens is 1. The Morgan fingerprint density at radius 1 is 1.31 bits per heavy atom. The number of anilines is 1. The van der Waals surface area contributed by atoms with Gasteiger partial charge in [-0.15, -0.1) is 0 Å². The lowest BCUT2D eigenvalue weighted by atomic mass is 10.1. The highest BCUT2D eigenvalue weighted by Gasteiger charge is 2.15. The van der Waals surface area contributed by atoms with Crippen molar-refractivity contribution in [1.29, 1.82) is 0 Å². The molecule has 0 unspecified atom stereocenters. The summed E-state index contributed by atoms with van der Waals surface area (Å²) in [6, 6.07) is 8.64. The second-order valence-electron chi connectivity index (χ2n) is 4.35. The molecule has 0 bridgehead atoms. The largest absolute Gasteiger partial charge is 0.376 e. The summed E-state index contributed by atoms with van der Waals surface area (Å²) in [5.74, 6) is 0. The van der Waals surface area contributed by atoms with E-state index < -0.39 is 0 Å². The van der Waals surface area contributed by atoms with Gasteiger partial charge in [-0.25, -0.2) is 0 Å². The molecular weight excluding hydrogens is 313 g/mol. The van der Waals surface area contributed by atoms with Gasteiger partial charge in [-0.1, -0.05) is 0 Å². The van der Waals surface area contributed by atoms with Crippen LogP contribution in [0, 0.1) is 3.57 Å². The van der Waals surface area contributed by atoms with Gasteiger partial charge in [0.15, 0.2) is 0 Å². The average Bonchev–Trinajstić information content (AvgIpc) is 2.31. The van der Waals surface area contributed by atoms with E-state index in [0.717, 1.165) is 13.2 Å². The summed E-state index contributed by atoms with van der Waals surface area (Å²) in [6.07, 6.45) is 4.15. The molecule has 0 radical (unpaired) electrons. The SMILES string of the molecule is CN(C[C@@H]1CCCCO1)c1ccc(I)cc1. The van der Waals surface area contributed by atoms with Crippen LogP contribution in [0.4, 0.5) is 5.69 Å². The molecule has 2 nitrogen and oxygen atoms in total. The maximum absolute atomic E-state index is 5.75. The lowest BCUT2D eigenvalue weighted by molar-refractivity contribution is 0.0216. The molecule has 1 fully saturated rings. The molecule has 1 saturated heterocycles. The molecule has 0 saturated carbocycles. The van der Waals surface area contributed by atoms with E-state index >= 15 is 0 Å². The normalized spacial score (nSPS) is 20.8. The van der Waals surface area contributed by atoms with Crippen molar-refractivity contribution in [3.8, 4) is 0 Å². The van der Waals surface area contributed by atoms with E-state index in [4.69, 9.17) is 4.74 Å². The zero-order valence-corrected chi connectivity index (χ0v) is 11.8. The first-order chi connectivity index (χ1) is 7.75. The van der Waals surface area contributed by atoms with Crippen molar-refractivity contribution in [2.45, 2.75) is 25.4 Å². The van der Waals surface area contributed by atoms with Crippen LogP contribution in [0.15, 0.2) is 24.3 Å². The Kier molecular flexibility index (Phi) is 4.46. The summed E-state index contributed by atoms with van der Waals surface area (Å²) in [5, 5.41) is 0. The molecule has 0 spiro atoms. The molecule has 0 amide bonds. The highest BCUT2D eigenvalue weighted by molar-refractivity contribution is 14.1. The zero-order valence-electron chi connectivity index (χ0n) is 9.66. The van der Waals surface area contributed by atoms with Crippen LogP contribution in [0.25, 0.3) is 0 Å². The van der Waals surface area contributed by atoms with Crippen LogP contribution >= 0.6 is 22.6 Å². The quantitative estimate of drug-likeness (QED) is 0.788. The monoisotopic (exact) mass is 331 g/mol. The number of benzene rings is 1. The van der Waals surface area contributed by atoms with E-state index in [1.807, 2.05) is 0 Å². The summed E-state index contributed by atoms with van der Waals surface area (Å²) in [4.78, 5) is 2.28. The number of rotatable bonds is 3. The third-order valence-corrected chi connectivity index (χ3v) is 3.74. The van der Waals surface area contributed by atoms with E-state index in [1.165, 1.54) is 28.5 Å². The first-order valence-electron chi connectivity index (χ1n) is 5.84. The van der Waals surface area contributed by atoms with Crippen molar-refractivity contribution in [2.75, 3.05) is 25.1 Å². The van der Waals surface area contributed by atoms with Gasteiger partial charge in [0.05, 0.1) is 6.10 Å². The Morgan fingerprint density at radius 3 is 2.69 bits per heavy atom. The Hall–Kier alpha value is -0.290. The number of likely N-dealkylation sites (N-methyl/N-ethyl adjacent to an activating group) is 1. The Labute approximate surface area is 111 Å². The molecule has 0 N–H and O–H groups in total. The molecule has 1 aliphatic rings. The summed E-state index contributed by atoms with van der Waals surface area (Å²) in [7, 11) is 2.14. The maximum Gasteiger partial charge on any atom is 0.0749 e. The zero-order chi connectivity index (χ0) is 11.4. The van der Waals surface area contributed by atoms with Crippen molar-refractivity contribution in [3.63, 3.8) is 0 Å². The van der Waals surface area contributed by atoms with Gasteiger partial charge >= 0.3 is 0 Å². The van der Waals surface area contributed by atoms with E-state index in [2.05, 4.69) is 58.8 Å². The molecule has 1 heterocycles. The minimum absolute atomic E-state index is 0.415. The second kappa shape index (κ2) is 5.87. The van der Waals surface area contributed by atoms with E-state index in [9.17, 15) is 0 Å². The molecule has 1 aromatic carbocycles. The lowest BCUT2D eigenvalue weighted by Gasteiger charge is -2.28. The van der Waals surface area contributed by atoms with Gasteiger partial charge < -0.3 is 9.64 Å². The summed E-state index contributed by atoms with van der Waals surface area (Å²) >= 11 is 2.33. The number of hydrogen-bond donors (Lipinski definition) is 0. The highest BCUT2D eigenvalue weighted by atomic mass is 127. The van der Waals surface area contributed by atoms with Crippen LogP contribution in [0.2, 0.25) is 0 Å². The Bertz CT molecular complexity index is 319. The fourth-order valence-electron chi connectivity index (χ4n) is 2.06. The van der Waals surface area contributed by atoms with Gasteiger partial charge in [0, 0.05) is 29.5 Å². The molecular formula is C13H18INO. The van der Waals surface area contributed by atoms with Gasteiger partial charge in [0.25, 0.3) is 0 Å². The average molecular weight is 331 g/mol. The fourth-order valence-corrected chi connectivity index (χ4v) is 2.42. The molecule has 1 aliphatic heterocycles. The van der Waals surface area contributed by atoms with E-state index in [1.54, 1.807) is 0 Å². The molecule has 2 rings (SSSR count). The predicted molar refractivity (Wildman–Crippen MR) is 76.0 cm³/mol. The molecule has 16 heavy (non-hydrogen) atoms. The van der Waals surface area contributed by atoms with Crippen LogP contribution in [-0.4, -0.2) is 26.3 Å². The lowest BCUT2D eigenvalue weighted by Crippen LogP contribution is -2.33. The standard InChI is InChI=1S/C13H18INO/c1-15(10-13-4-2-3-9-16-13)12-7-5-11(14)6-8-12/h5-8,13H,2-4,9-10H2,1H3/t13-/m0/s1. The van der Waals surface area contributed by atoms with Crippen LogP contribution in [-0.2, 0) is 4.74 Å². The van der Waals surface area contributed by atoms with E-state index in [0.29, 0.717) is 6.10 Å². The molecule has 1 aromatic rings. The minimum atomic E-state index is 0.415. The summed E-state index contributed by atoms with van der Waals surface area (Å²) in [6.45, 7) is 1.94. The number of hydrogen-bond acceptors (Lipinski definition) is 2. The van der Waals surface area contributed by atoms with Crippen LogP contribution in [0.1, 0.15) is 19.3 Å². The van der Waals surface area contributed by atoms with Crippen molar-refractivity contribution < 1.29 is 4.74 Å². The highest BCUT2D eigenvalue weighted by Crippen LogP contribution is 2.18. The van der Waals surface area contributed by atoms with E-state index in [-0.39, 0.29) is 0 Å². The van der Waals surface area contributed by atoms with Gasteiger partial charge in [-0.05, 0) is 66.1 Å². The molecule has 0 aromatic heterocycles. The van der Waals surface area contributed by atoms with Crippen molar-refractivity contribution in [2.24, 2.45) is 0 Å². The molecule has 3 heteroatoms. The van der Waals surface area contributed by atoms with Crippen LogP contribution < -0.4 is 4.90 Å². The van der Waals surface area contributed by atoms with Crippen LogP contribution in [0.3, 0.4) is 0 Å². The van der Waals surface area contributed by atoms with Gasteiger partial charge in [0.2, 0.25) is 0 Å². The Balaban J connectivity index is 1.91. The van der Waals surface area contributed by atoms with Crippen molar-refractivity contribution in [3.05, 3.63) is 27.8 Å². The second-order valence-corrected chi connectivity index (χ2v) is 5.59. The predicted octanol–water partition coefficient (Wildman–Crippen LogP) is 3.30. The van der Waals surface area contributed by atoms with Crippen molar-refractivity contribution >= 4 is 28.3 Å². The Morgan fingerprint density at radius 2 is 2.06 bits per heavy atom. The van der Waals surface area contributed by atoms with Gasteiger partial charge in [-0.2, -0.15) is 0 Å². The third kappa shape index (κ3) is 3.35. The molecule has 1 atom stereocenters. The third-order valence-electron chi connectivity index (χ3n) is 3.02. The molecule has 0 aliphatic carbocycles.